The van der Waals surface area contributed by atoms with E-state index in [9.17, 15) is 9.59 Å². The van der Waals surface area contributed by atoms with Gasteiger partial charge in [0.2, 0.25) is 5.76 Å². The van der Waals surface area contributed by atoms with E-state index in [2.05, 4.69) is 4.98 Å². The van der Waals surface area contributed by atoms with Crippen molar-refractivity contribution in [2.45, 2.75) is 12.8 Å². The van der Waals surface area contributed by atoms with Crippen LogP contribution >= 0.6 is 11.3 Å². The topological polar surface area (TPSA) is 83.6 Å². The normalized spacial score (nSPS) is 12.1. The highest BCUT2D eigenvalue weighted by Crippen LogP contribution is 2.19. The SMILES string of the molecule is CC(CN(C)C(=O)c1ccc(C(=O)O)o1)c1nccs1. The first-order valence-corrected chi connectivity index (χ1v) is 6.85. The molecular weight excluding hydrogens is 280 g/mol. The van der Waals surface area contributed by atoms with E-state index < -0.39 is 5.97 Å². The molecule has 2 aromatic heterocycles. The zero-order valence-corrected chi connectivity index (χ0v) is 11.9. The van der Waals surface area contributed by atoms with Gasteiger partial charge >= 0.3 is 5.97 Å². The van der Waals surface area contributed by atoms with Crippen molar-refractivity contribution in [1.82, 2.24) is 9.88 Å². The van der Waals surface area contributed by atoms with Crippen LogP contribution in [0, 0.1) is 0 Å². The molecule has 6 nitrogen and oxygen atoms in total. The first-order chi connectivity index (χ1) is 9.49. The molecule has 0 aliphatic carbocycles. The van der Waals surface area contributed by atoms with Crippen LogP contribution in [0.5, 0.6) is 0 Å². The largest absolute Gasteiger partial charge is 0.475 e. The summed E-state index contributed by atoms with van der Waals surface area (Å²) in [6, 6.07) is 2.64. The van der Waals surface area contributed by atoms with Gasteiger partial charge in [0.05, 0.1) is 5.01 Å². The van der Waals surface area contributed by atoms with Crippen LogP contribution in [0.1, 0.15) is 39.0 Å². The van der Waals surface area contributed by atoms with Crippen molar-refractivity contribution >= 4 is 23.2 Å². The standard InChI is InChI=1S/C13H14N2O4S/c1-8(11-14-5-6-20-11)7-15(2)12(16)9-3-4-10(19-9)13(17)18/h3-6,8H,7H2,1-2H3,(H,17,18). The van der Waals surface area contributed by atoms with Crippen molar-refractivity contribution in [3.05, 3.63) is 40.2 Å². The van der Waals surface area contributed by atoms with Crippen LogP contribution in [0.3, 0.4) is 0 Å². The molecule has 106 valence electrons. The minimum Gasteiger partial charge on any atom is -0.475 e. The number of nitrogens with zero attached hydrogens (tertiary/aromatic N) is 2. The molecule has 0 aliphatic rings. The summed E-state index contributed by atoms with van der Waals surface area (Å²) in [6.45, 7) is 2.46. The molecule has 2 heterocycles. The van der Waals surface area contributed by atoms with E-state index in [0.717, 1.165) is 5.01 Å². The number of carbonyl (C=O) groups is 2. The Kier molecular flexibility index (Phi) is 4.19. The van der Waals surface area contributed by atoms with E-state index in [-0.39, 0.29) is 23.3 Å². The van der Waals surface area contributed by atoms with E-state index in [1.165, 1.54) is 28.4 Å². The molecular formula is C13H14N2O4S. The van der Waals surface area contributed by atoms with Crippen LogP contribution in [0.15, 0.2) is 28.1 Å². The van der Waals surface area contributed by atoms with Crippen molar-refractivity contribution in [3.8, 4) is 0 Å². The Morgan fingerprint density at radius 2 is 2.15 bits per heavy atom. The summed E-state index contributed by atoms with van der Waals surface area (Å²) in [5.74, 6) is -1.65. The van der Waals surface area contributed by atoms with Crippen molar-refractivity contribution in [1.29, 1.82) is 0 Å². The number of aromatic nitrogens is 1. The maximum absolute atomic E-state index is 12.1. The zero-order chi connectivity index (χ0) is 14.7. The zero-order valence-electron chi connectivity index (χ0n) is 11.1. The maximum Gasteiger partial charge on any atom is 0.371 e. The molecule has 7 heteroatoms. The molecule has 1 N–H and O–H groups in total. The van der Waals surface area contributed by atoms with Gasteiger partial charge in [-0.25, -0.2) is 9.78 Å². The third-order valence-electron chi connectivity index (χ3n) is 2.79. The Labute approximate surface area is 119 Å². The smallest absolute Gasteiger partial charge is 0.371 e. The Morgan fingerprint density at radius 3 is 2.70 bits per heavy atom. The van der Waals surface area contributed by atoms with Gasteiger partial charge in [-0.05, 0) is 12.1 Å². The number of carboxylic acids is 1. The van der Waals surface area contributed by atoms with E-state index in [4.69, 9.17) is 9.52 Å². The van der Waals surface area contributed by atoms with Crippen molar-refractivity contribution < 1.29 is 19.1 Å². The quantitative estimate of drug-likeness (QED) is 0.914. The van der Waals surface area contributed by atoms with Crippen LogP contribution in [-0.4, -0.2) is 40.5 Å². The van der Waals surface area contributed by atoms with Gasteiger partial charge < -0.3 is 14.4 Å². The van der Waals surface area contributed by atoms with Gasteiger partial charge in [-0.1, -0.05) is 6.92 Å². The molecule has 0 fully saturated rings. The van der Waals surface area contributed by atoms with Gasteiger partial charge in [-0.2, -0.15) is 0 Å². The molecule has 1 amide bonds. The summed E-state index contributed by atoms with van der Waals surface area (Å²) in [7, 11) is 1.65. The minimum atomic E-state index is -1.19. The Balaban J connectivity index is 2.02. The highest BCUT2D eigenvalue weighted by molar-refractivity contribution is 7.09. The number of amides is 1. The molecule has 0 radical (unpaired) electrons. The van der Waals surface area contributed by atoms with Gasteiger partial charge in [0.25, 0.3) is 5.91 Å². The molecule has 0 saturated heterocycles. The van der Waals surface area contributed by atoms with E-state index in [1.54, 1.807) is 13.2 Å². The van der Waals surface area contributed by atoms with E-state index in [1.807, 2.05) is 12.3 Å². The third kappa shape index (κ3) is 3.05. The molecule has 2 rings (SSSR count). The van der Waals surface area contributed by atoms with E-state index in [0.29, 0.717) is 6.54 Å². The number of rotatable bonds is 5. The van der Waals surface area contributed by atoms with Crippen molar-refractivity contribution in [2.24, 2.45) is 0 Å². The Morgan fingerprint density at radius 1 is 1.45 bits per heavy atom. The van der Waals surface area contributed by atoms with Crippen molar-refractivity contribution in [2.75, 3.05) is 13.6 Å². The first-order valence-electron chi connectivity index (χ1n) is 5.97. The fraction of sp³-hybridized carbons (Fsp3) is 0.308. The molecule has 0 bridgehead atoms. The van der Waals surface area contributed by atoms with Gasteiger partial charge in [-0.15, -0.1) is 11.3 Å². The third-order valence-corrected chi connectivity index (χ3v) is 3.80. The summed E-state index contributed by atoms with van der Waals surface area (Å²) < 4.78 is 5.00. The van der Waals surface area contributed by atoms with Gasteiger partial charge in [0.15, 0.2) is 5.76 Å². The molecule has 0 saturated carbocycles. The molecule has 0 spiro atoms. The molecule has 2 aromatic rings. The van der Waals surface area contributed by atoms with Crippen molar-refractivity contribution in [3.63, 3.8) is 0 Å². The molecule has 1 atom stereocenters. The lowest BCUT2D eigenvalue weighted by Crippen LogP contribution is -2.30. The predicted octanol–water partition coefficient (Wildman–Crippen LogP) is 2.31. The summed E-state index contributed by atoms with van der Waals surface area (Å²) in [5, 5.41) is 11.6. The highest BCUT2D eigenvalue weighted by Gasteiger charge is 2.20. The number of hydrogen-bond acceptors (Lipinski definition) is 5. The lowest BCUT2D eigenvalue weighted by atomic mass is 10.2. The predicted molar refractivity (Wildman–Crippen MR) is 73.2 cm³/mol. The number of thiazole rings is 1. The average molecular weight is 294 g/mol. The number of furan rings is 1. The second kappa shape index (κ2) is 5.87. The van der Waals surface area contributed by atoms with Gasteiger partial charge in [-0.3, -0.25) is 4.79 Å². The monoisotopic (exact) mass is 294 g/mol. The number of carboxylic acid groups (broad SMARTS) is 1. The van der Waals surface area contributed by atoms with Crippen LogP contribution in [0.4, 0.5) is 0 Å². The molecule has 20 heavy (non-hydrogen) atoms. The lowest BCUT2D eigenvalue weighted by molar-refractivity contribution is 0.0653. The number of aromatic carboxylic acids is 1. The summed E-state index contributed by atoms with van der Waals surface area (Å²) in [4.78, 5) is 28.5. The average Bonchev–Trinajstić information content (AvgIpc) is 3.08. The fourth-order valence-corrected chi connectivity index (χ4v) is 2.50. The van der Waals surface area contributed by atoms with E-state index >= 15 is 0 Å². The minimum absolute atomic E-state index is 0.0243. The second-order valence-electron chi connectivity index (χ2n) is 4.43. The lowest BCUT2D eigenvalue weighted by Gasteiger charge is -2.19. The van der Waals surface area contributed by atoms with Crippen LogP contribution in [0.25, 0.3) is 0 Å². The maximum atomic E-state index is 12.1. The molecule has 0 aromatic carbocycles. The Hall–Kier alpha value is -2.15. The molecule has 1 unspecified atom stereocenters. The fourth-order valence-electron chi connectivity index (χ4n) is 1.81. The number of hydrogen-bond donors (Lipinski definition) is 1. The van der Waals surface area contributed by atoms with Crippen LogP contribution in [0.2, 0.25) is 0 Å². The first kappa shape index (κ1) is 14.3. The second-order valence-corrected chi connectivity index (χ2v) is 5.35. The summed E-state index contributed by atoms with van der Waals surface area (Å²) in [5.41, 5.74) is 0. The summed E-state index contributed by atoms with van der Waals surface area (Å²) >= 11 is 1.54. The van der Waals surface area contributed by atoms with Gasteiger partial charge in [0, 0.05) is 31.1 Å². The number of likely N-dealkylation sites (N-methyl/N-ethyl adjacent to an activating group) is 1. The summed E-state index contributed by atoms with van der Waals surface area (Å²) in [6.07, 6.45) is 1.73. The van der Waals surface area contributed by atoms with Gasteiger partial charge in [0.1, 0.15) is 0 Å². The highest BCUT2D eigenvalue weighted by atomic mass is 32.1. The number of carbonyl (C=O) groups excluding carboxylic acids is 1. The molecule has 0 aliphatic heterocycles. The van der Waals surface area contributed by atoms with Crippen LogP contribution < -0.4 is 0 Å². The van der Waals surface area contributed by atoms with Crippen LogP contribution in [-0.2, 0) is 0 Å². The Bertz CT molecular complexity index is 606.